The largest absolute Gasteiger partial charge is 0.335 e. The van der Waals surface area contributed by atoms with E-state index in [9.17, 15) is 9.59 Å². The molecule has 6 nitrogen and oxygen atoms in total. The van der Waals surface area contributed by atoms with Gasteiger partial charge in [0.25, 0.3) is 0 Å². The van der Waals surface area contributed by atoms with Gasteiger partial charge in [-0.2, -0.15) is 0 Å². The number of likely N-dealkylation sites (tertiary alicyclic amines) is 1. The summed E-state index contributed by atoms with van der Waals surface area (Å²) in [5.74, 6) is 0.0834. The van der Waals surface area contributed by atoms with Crippen LogP contribution in [0.5, 0.6) is 0 Å². The molecule has 1 aliphatic heterocycles. The summed E-state index contributed by atoms with van der Waals surface area (Å²) in [6, 6.07) is 6.90. The Hall–Kier alpha value is -2.08. The average molecular weight is 413 g/mol. The minimum absolute atomic E-state index is 0.00549. The normalized spacial score (nSPS) is 20.5. The Balaban J connectivity index is 1.12. The van der Waals surface area contributed by atoms with E-state index >= 15 is 0 Å². The van der Waals surface area contributed by atoms with Gasteiger partial charge >= 0.3 is 6.03 Å². The summed E-state index contributed by atoms with van der Waals surface area (Å²) in [6.45, 7) is 2.64. The van der Waals surface area contributed by atoms with Gasteiger partial charge in [-0.15, -0.1) is 0 Å². The molecular weight excluding hydrogens is 376 g/mol. The molecule has 2 fully saturated rings. The summed E-state index contributed by atoms with van der Waals surface area (Å²) < 4.78 is 0. The first-order chi connectivity index (χ1) is 14.7. The number of anilines is 1. The molecule has 3 N–H and O–H groups in total. The second-order valence-corrected chi connectivity index (χ2v) is 9.20. The number of urea groups is 1. The lowest BCUT2D eigenvalue weighted by Crippen LogP contribution is -2.50. The molecule has 6 heteroatoms. The zero-order chi connectivity index (χ0) is 20.8. The number of carbonyl (C=O) groups is 2. The van der Waals surface area contributed by atoms with Gasteiger partial charge < -0.3 is 20.9 Å². The van der Waals surface area contributed by atoms with Gasteiger partial charge in [0.05, 0.1) is 0 Å². The fourth-order valence-electron chi connectivity index (χ4n) is 5.09. The molecule has 0 atom stereocenters. The predicted octanol–water partition coefficient (Wildman–Crippen LogP) is 3.60. The Morgan fingerprint density at radius 1 is 0.867 bits per heavy atom. The summed E-state index contributed by atoms with van der Waals surface area (Å²) in [6.07, 6.45) is 11.9. The van der Waals surface area contributed by atoms with Crippen molar-refractivity contribution in [1.29, 1.82) is 0 Å². The summed E-state index contributed by atoms with van der Waals surface area (Å²) in [4.78, 5) is 26.9. The molecule has 0 aromatic heterocycles. The Kier molecular flexibility index (Phi) is 7.26. The third kappa shape index (κ3) is 5.97. The highest BCUT2D eigenvalue weighted by molar-refractivity contribution is 5.91. The summed E-state index contributed by atoms with van der Waals surface area (Å²) in [7, 11) is 0. The van der Waals surface area contributed by atoms with Crippen LogP contribution in [-0.4, -0.2) is 48.6 Å². The Morgan fingerprint density at radius 2 is 1.57 bits per heavy atom. The van der Waals surface area contributed by atoms with E-state index in [1.165, 1.54) is 36.8 Å². The van der Waals surface area contributed by atoms with Gasteiger partial charge in [-0.25, -0.2) is 4.79 Å². The molecule has 30 heavy (non-hydrogen) atoms. The molecule has 3 aliphatic rings. The molecule has 2 aliphatic carbocycles. The third-order valence-electron chi connectivity index (χ3n) is 6.90. The van der Waals surface area contributed by atoms with Crippen molar-refractivity contribution in [2.45, 2.75) is 82.7 Å². The molecule has 1 heterocycles. The van der Waals surface area contributed by atoms with E-state index in [-0.39, 0.29) is 18.0 Å². The number of aryl methyl sites for hydroxylation is 2. The maximum atomic E-state index is 12.4. The first kappa shape index (κ1) is 21.2. The van der Waals surface area contributed by atoms with E-state index in [4.69, 9.17) is 0 Å². The number of rotatable bonds is 6. The highest BCUT2D eigenvalue weighted by atomic mass is 16.2. The lowest BCUT2D eigenvalue weighted by atomic mass is 9.96. The average Bonchev–Trinajstić information content (AvgIpc) is 3.22. The third-order valence-corrected chi connectivity index (χ3v) is 6.90. The van der Waals surface area contributed by atoms with Crippen molar-refractivity contribution < 1.29 is 9.59 Å². The van der Waals surface area contributed by atoms with Gasteiger partial charge in [-0.05, 0) is 68.2 Å². The number of hydrogen-bond acceptors (Lipinski definition) is 3. The smallest absolute Gasteiger partial charge is 0.315 e. The van der Waals surface area contributed by atoms with Gasteiger partial charge in [0.2, 0.25) is 5.91 Å². The Morgan fingerprint density at radius 3 is 2.33 bits per heavy atom. The van der Waals surface area contributed by atoms with E-state index in [1.54, 1.807) is 0 Å². The van der Waals surface area contributed by atoms with Gasteiger partial charge in [-0.3, -0.25) is 4.79 Å². The molecule has 164 valence electrons. The molecule has 0 spiro atoms. The number of hydrogen-bond donors (Lipinski definition) is 3. The number of fused-ring (bicyclic) bond motifs is 1. The number of nitrogens with zero attached hydrogens (tertiary/aromatic N) is 1. The van der Waals surface area contributed by atoms with Crippen LogP contribution in [0.3, 0.4) is 0 Å². The highest BCUT2D eigenvalue weighted by Crippen LogP contribution is 2.25. The number of carbonyl (C=O) groups excluding carboxylic acids is 2. The highest BCUT2D eigenvalue weighted by Gasteiger charge is 2.22. The van der Waals surface area contributed by atoms with E-state index < -0.39 is 0 Å². The van der Waals surface area contributed by atoms with E-state index in [2.05, 4.69) is 33.0 Å². The Bertz CT molecular complexity index is 737. The molecule has 0 unspecified atom stereocenters. The van der Waals surface area contributed by atoms with Crippen molar-refractivity contribution in [3.8, 4) is 0 Å². The van der Waals surface area contributed by atoms with Gasteiger partial charge in [0.15, 0.2) is 0 Å². The van der Waals surface area contributed by atoms with Gasteiger partial charge in [0, 0.05) is 43.8 Å². The number of amides is 3. The fourth-order valence-corrected chi connectivity index (χ4v) is 5.09. The molecule has 0 bridgehead atoms. The van der Waals surface area contributed by atoms with Crippen molar-refractivity contribution >= 4 is 17.6 Å². The van der Waals surface area contributed by atoms with Crippen molar-refractivity contribution in [3.05, 3.63) is 29.3 Å². The second-order valence-electron chi connectivity index (χ2n) is 9.20. The van der Waals surface area contributed by atoms with Crippen LogP contribution < -0.4 is 16.0 Å². The Labute approximate surface area is 180 Å². The minimum Gasteiger partial charge on any atom is -0.335 e. The monoisotopic (exact) mass is 412 g/mol. The number of piperidine rings is 1. The van der Waals surface area contributed by atoms with Crippen molar-refractivity contribution in [1.82, 2.24) is 15.5 Å². The zero-order valence-electron chi connectivity index (χ0n) is 18.0. The van der Waals surface area contributed by atoms with E-state index in [0.29, 0.717) is 12.5 Å². The minimum atomic E-state index is -0.00549. The van der Waals surface area contributed by atoms with Crippen LogP contribution in [0.1, 0.15) is 68.9 Å². The van der Waals surface area contributed by atoms with E-state index in [1.807, 2.05) is 6.07 Å². The van der Waals surface area contributed by atoms with Crippen molar-refractivity contribution in [2.75, 3.05) is 25.0 Å². The van der Waals surface area contributed by atoms with Crippen molar-refractivity contribution in [3.63, 3.8) is 0 Å². The lowest BCUT2D eigenvalue weighted by molar-refractivity contribution is -0.116. The summed E-state index contributed by atoms with van der Waals surface area (Å²) >= 11 is 0. The first-order valence-corrected chi connectivity index (χ1v) is 11.9. The topological polar surface area (TPSA) is 73.5 Å². The standard InChI is InChI=1S/C24H36N4O2/c29-23(25-22-10-9-18-5-4-6-19(18)17-22)13-16-28-14-11-21(12-15-28)27-24(30)26-20-7-2-1-3-8-20/h9-10,17,20-21H,1-8,11-16H2,(H,25,29)(H2,26,27,30). The molecule has 4 rings (SSSR count). The lowest BCUT2D eigenvalue weighted by Gasteiger charge is -2.32. The zero-order valence-corrected chi connectivity index (χ0v) is 18.0. The molecule has 1 aromatic rings. The summed E-state index contributed by atoms with van der Waals surface area (Å²) in [5, 5.41) is 9.34. The predicted molar refractivity (Wildman–Crippen MR) is 120 cm³/mol. The van der Waals surface area contributed by atoms with Gasteiger partial charge in [-0.1, -0.05) is 25.3 Å². The first-order valence-electron chi connectivity index (χ1n) is 11.9. The molecule has 0 radical (unpaired) electrons. The molecule has 1 saturated carbocycles. The van der Waals surface area contributed by atoms with Crippen LogP contribution in [-0.2, 0) is 17.6 Å². The van der Waals surface area contributed by atoms with Crippen LogP contribution in [0.2, 0.25) is 0 Å². The van der Waals surface area contributed by atoms with E-state index in [0.717, 1.165) is 63.8 Å². The van der Waals surface area contributed by atoms with Crippen LogP contribution in [0.15, 0.2) is 18.2 Å². The fraction of sp³-hybridized carbons (Fsp3) is 0.667. The van der Waals surface area contributed by atoms with Crippen LogP contribution in [0.25, 0.3) is 0 Å². The quantitative estimate of drug-likeness (QED) is 0.668. The van der Waals surface area contributed by atoms with Gasteiger partial charge in [0.1, 0.15) is 0 Å². The van der Waals surface area contributed by atoms with Crippen molar-refractivity contribution in [2.24, 2.45) is 0 Å². The maximum Gasteiger partial charge on any atom is 0.315 e. The van der Waals surface area contributed by atoms with Crippen LogP contribution in [0, 0.1) is 0 Å². The molecular formula is C24H36N4O2. The molecule has 1 aromatic carbocycles. The molecule has 3 amide bonds. The summed E-state index contributed by atoms with van der Waals surface area (Å²) in [5.41, 5.74) is 3.74. The van der Waals surface area contributed by atoms with Crippen LogP contribution in [0.4, 0.5) is 10.5 Å². The maximum absolute atomic E-state index is 12.4. The molecule has 1 saturated heterocycles. The number of nitrogens with one attached hydrogen (secondary N) is 3. The van der Waals surface area contributed by atoms with Crippen LogP contribution >= 0.6 is 0 Å². The SMILES string of the molecule is O=C(CCN1CCC(NC(=O)NC2CCCCC2)CC1)Nc1ccc2c(c1)CCC2. The second kappa shape index (κ2) is 10.3. The number of benzene rings is 1.